The molecule has 14 heteroatoms. The number of unbranched alkanes of at least 4 members (excludes halogenated alkanes) is 65. The lowest BCUT2D eigenvalue weighted by Gasteiger charge is -2.28. The van der Waals surface area contributed by atoms with Crippen LogP contribution in [0.25, 0.3) is 0 Å². The molecule has 14 nitrogen and oxygen atoms in total. The van der Waals surface area contributed by atoms with Crippen LogP contribution in [0.3, 0.4) is 0 Å². The number of amides is 5. The van der Waals surface area contributed by atoms with Gasteiger partial charge in [0.25, 0.3) is 0 Å². The van der Waals surface area contributed by atoms with E-state index in [-0.39, 0.29) is 29.5 Å². The monoisotopic (exact) mass is 1620 g/mol. The van der Waals surface area contributed by atoms with Gasteiger partial charge in [0.05, 0.1) is 0 Å². The minimum atomic E-state index is 0.0780. The minimum absolute atomic E-state index is 0.0780. The van der Waals surface area contributed by atoms with Crippen LogP contribution in [0.1, 0.15) is 516 Å². The predicted octanol–water partition coefficient (Wildman–Crippen LogP) is 26.4. The van der Waals surface area contributed by atoms with E-state index in [0.717, 1.165) is 96.9 Å². The van der Waals surface area contributed by atoms with Crippen molar-refractivity contribution in [3.63, 3.8) is 0 Å². The van der Waals surface area contributed by atoms with Gasteiger partial charge in [-0.2, -0.15) is 0 Å². The third kappa shape index (κ3) is 91.8. The van der Waals surface area contributed by atoms with Gasteiger partial charge in [0.1, 0.15) is 0 Å². The third-order valence-electron chi connectivity index (χ3n) is 24.5. The van der Waals surface area contributed by atoms with Crippen molar-refractivity contribution >= 4 is 29.5 Å². The first-order valence-corrected chi connectivity index (χ1v) is 51.9. The van der Waals surface area contributed by atoms with Crippen LogP contribution in [0.5, 0.6) is 0 Å². The van der Waals surface area contributed by atoms with Crippen LogP contribution < -0.4 is 31.9 Å². The molecule has 0 saturated carbocycles. The van der Waals surface area contributed by atoms with Crippen LogP contribution in [-0.4, -0.2) is 149 Å². The van der Waals surface area contributed by atoms with E-state index in [1.807, 2.05) is 0 Å². The maximum Gasteiger partial charge on any atom is 0.221 e. The summed E-state index contributed by atoms with van der Waals surface area (Å²) in [6.45, 7) is 22.3. The van der Waals surface area contributed by atoms with Gasteiger partial charge in [0.2, 0.25) is 29.5 Å². The molecule has 0 aliphatic rings. The summed E-state index contributed by atoms with van der Waals surface area (Å²) >= 11 is 0. The summed E-state index contributed by atoms with van der Waals surface area (Å²) in [6, 6.07) is 0. The second kappa shape index (κ2) is 96.6. The molecule has 0 rings (SSSR count). The highest BCUT2D eigenvalue weighted by molar-refractivity contribution is 5.77. The Kier molecular flexibility index (Phi) is 94.3. The zero-order valence-corrected chi connectivity index (χ0v) is 78.2. The molecule has 0 aromatic rings. The Bertz CT molecular complexity index is 1880. The van der Waals surface area contributed by atoms with Gasteiger partial charge >= 0.3 is 0 Å². The molecule has 0 atom stereocenters. The molecule has 0 heterocycles. The first-order chi connectivity index (χ1) is 56.7. The van der Waals surface area contributed by atoms with Crippen molar-refractivity contribution in [1.29, 1.82) is 0 Å². The number of hydrogen-bond donors (Lipinski definition) is 6. The van der Waals surface area contributed by atoms with Gasteiger partial charge in [0.15, 0.2) is 0 Å². The summed E-state index contributed by atoms with van der Waals surface area (Å²) in [5.74, 6) is 0.427. The van der Waals surface area contributed by atoms with Gasteiger partial charge in [-0.1, -0.05) is 452 Å². The summed E-state index contributed by atoms with van der Waals surface area (Å²) in [7, 11) is 0. The first kappa shape index (κ1) is 112. The summed E-state index contributed by atoms with van der Waals surface area (Å²) < 4.78 is 0. The molecular weight excluding hydrogens is 1420 g/mol. The van der Waals surface area contributed by atoms with Crippen molar-refractivity contribution in [2.45, 2.75) is 516 Å². The lowest BCUT2D eigenvalue weighted by Crippen LogP contribution is -2.43. The molecule has 115 heavy (non-hydrogen) atoms. The van der Waals surface area contributed by atoms with E-state index in [2.05, 4.69) is 81.2 Å². The SMILES string of the molecule is CCCCCCCCCCCCCCCCNC(=O)CCN(CCNCCN(CCC(=O)NCCCCCCCCCCCCCCCC)CCN(CCC(=O)NCCCCCCCCCCCCCCCC)CCC(=O)NCCCCCCCCCCCCCCCC)CCC(=O)NCCCCCCCCCCCCCCCC. The second-order valence-electron chi connectivity index (χ2n) is 35.8. The Labute approximate surface area is 717 Å². The molecule has 0 aromatic heterocycles. The highest BCUT2D eigenvalue weighted by Gasteiger charge is 2.17. The fourth-order valence-corrected chi connectivity index (χ4v) is 16.4. The quantitative estimate of drug-likeness (QED) is 0.0325. The van der Waals surface area contributed by atoms with Crippen LogP contribution in [0.15, 0.2) is 0 Å². The Morgan fingerprint density at radius 3 is 0.417 bits per heavy atom. The Morgan fingerprint density at radius 2 is 0.270 bits per heavy atom. The summed E-state index contributed by atoms with van der Waals surface area (Å²) in [4.78, 5) is 74.3. The van der Waals surface area contributed by atoms with Crippen LogP contribution >= 0.6 is 0 Å². The van der Waals surface area contributed by atoms with Gasteiger partial charge in [-0.25, -0.2) is 0 Å². The molecule has 0 aliphatic carbocycles. The molecule has 0 fully saturated rings. The normalized spacial score (nSPS) is 11.7. The van der Waals surface area contributed by atoms with Crippen LogP contribution in [0.2, 0.25) is 0 Å². The molecular formula is C101H203N9O5. The highest BCUT2D eigenvalue weighted by Crippen LogP contribution is 2.19. The van der Waals surface area contributed by atoms with Gasteiger partial charge in [-0.05, 0) is 32.1 Å². The van der Waals surface area contributed by atoms with Crippen LogP contribution in [0.4, 0.5) is 0 Å². The van der Waals surface area contributed by atoms with Gasteiger partial charge < -0.3 is 46.6 Å². The summed E-state index contributed by atoms with van der Waals surface area (Å²) in [5, 5.41) is 19.9. The molecule has 0 aromatic carbocycles. The zero-order chi connectivity index (χ0) is 83.2. The van der Waals surface area contributed by atoms with Gasteiger partial charge in [-0.3, -0.25) is 24.0 Å². The fourth-order valence-electron chi connectivity index (χ4n) is 16.4. The number of carbonyl (C=O) groups is 5. The molecule has 682 valence electrons. The van der Waals surface area contributed by atoms with Crippen molar-refractivity contribution in [2.24, 2.45) is 0 Å². The predicted molar refractivity (Wildman–Crippen MR) is 502 cm³/mol. The number of nitrogens with one attached hydrogen (secondary N) is 6. The van der Waals surface area contributed by atoms with E-state index in [1.165, 1.54) is 385 Å². The second-order valence-corrected chi connectivity index (χ2v) is 35.8. The third-order valence-corrected chi connectivity index (χ3v) is 24.5. The molecule has 0 radical (unpaired) electrons. The van der Waals surface area contributed by atoms with Crippen molar-refractivity contribution in [3.8, 4) is 0 Å². The van der Waals surface area contributed by atoms with E-state index < -0.39 is 0 Å². The topological polar surface area (TPSA) is 167 Å². The summed E-state index contributed by atoms with van der Waals surface area (Å²) in [6.07, 6.45) is 93.9. The fraction of sp³-hybridized carbons (Fsp3) is 0.950. The van der Waals surface area contributed by atoms with E-state index in [9.17, 15) is 24.0 Å². The van der Waals surface area contributed by atoms with Crippen molar-refractivity contribution in [2.75, 3.05) is 105 Å². The maximum atomic E-state index is 13.6. The molecule has 0 saturated heterocycles. The lowest BCUT2D eigenvalue weighted by atomic mass is 10.0. The van der Waals surface area contributed by atoms with Crippen molar-refractivity contribution in [1.82, 2.24) is 46.6 Å². The average Bonchev–Trinajstić information content (AvgIpc) is 0.966. The van der Waals surface area contributed by atoms with E-state index >= 15 is 0 Å². The number of rotatable bonds is 99. The van der Waals surface area contributed by atoms with Gasteiger partial charge in [-0.15, -0.1) is 0 Å². The van der Waals surface area contributed by atoms with Gasteiger partial charge in [0, 0.05) is 137 Å². The van der Waals surface area contributed by atoms with E-state index in [4.69, 9.17) is 0 Å². The minimum Gasteiger partial charge on any atom is -0.356 e. The van der Waals surface area contributed by atoms with Crippen LogP contribution in [0, 0.1) is 0 Å². The average molecular weight is 1620 g/mol. The van der Waals surface area contributed by atoms with Crippen molar-refractivity contribution in [3.05, 3.63) is 0 Å². The molecule has 0 bridgehead atoms. The molecule has 5 amide bonds. The number of nitrogens with zero attached hydrogens (tertiary/aromatic N) is 3. The Hall–Kier alpha value is -2.81. The zero-order valence-electron chi connectivity index (χ0n) is 78.2. The standard InChI is InChI=1S/C101H203N9O5/c1-6-11-16-21-26-31-36-41-46-51-56-61-66-71-81-103-97(111)76-88-108(89-77-98(112)104-82-72-67-62-57-52-47-42-37-32-27-22-17-12-7-2)93-86-102-87-94-110(92-80-101(115)107-85-75-70-65-60-55-50-45-40-35-30-25-20-15-10-5)96-95-109(90-78-99(113)105-83-73-68-63-58-53-48-43-38-33-28-23-18-13-8-3)91-79-100(114)106-84-74-69-64-59-54-49-44-39-34-29-24-19-14-9-4/h102H,6-96H2,1-5H3,(H,103,111)(H,104,112)(H,105,113)(H,106,114)(H,107,115). The molecule has 0 unspecified atom stereocenters. The smallest absolute Gasteiger partial charge is 0.221 e. The van der Waals surface area contributed by atoms with Crippen molar-refractivity contribution < 1.29 is 24.0 Å². The first-order valence-electron chi connectivity index (χ1n) is 51.9. The highest BCUT2D eigenvalue weighted by atomic mass is 16.2. The van der Waals surface area contributed by atoms with E-state index in [1.54, 1.807) is 0 Å². The maximum absolute atomic E-state index is 13.6. The number of hydrogen-bond acceptors (Lipinski definition) is 9. The largest absolute Gasteiger partial charge is 0.356 e. The Balaban J connectivity index is 5.93. The lowest BCUT2D eigenvalue weighted by molar-refractivity contribution is -0.123. The molecule has 0 spiro atoms. The van der Waals surface area contributed by atoms with Crippen LogP contribution in [-0.2, 0) is 24.0 Å². The molecule has 6 N–H and O–H groups in total. The molecule has 0 aliphatic heterocycles. The summed E-state index contributed by atoms with van der Waals surface area (Å²) in [5.41, 5.74) is 0. The van der Waals surface area contributed by atoms with E-state index in [0.29, 0.717) is 104 Å². The Morgan fingerprint density at radius 1 is 0.148 bits per heavy atom. The number of carbonyl (C=O) groups excluding carboxylic acids is 5.